The normalized spacial score (nSPS) is 11.3. The SMILES string of the molecule is [N-]=[N+]=N[SiH2][SiH2][SiH3]. The summed E-state index contributed by atoms with van der Waals surface area (Å²) in [5.74, 6) is 0. The van der Waals surface area contributed by atoms with Gasteiger partial charge in [0.25, 0.3) is 0 Å². The minimum Gasteiger partial charge on any atom is -0.136 e. The molecule has 0 rings (SSSR count). The number of hydrogen-bond donors (Lipinski definition) is 0. The number of rotatable bonds is 2. The van der Waals surface area contributed by atoms with Gasteiger partial charge in [-0.25, -0.2) is 0 Å². The molecule has 0 amide bonds. The number of nitrogens with zero attached hydrogens (tertiary/aromatic N) is 3. The van der Waals surface area contributed by atoms with Gasteiger partial charge in [0.15, 0.2) is 0 Å². The molecule has 0 unspecified atom stereocenters. The number of azide groups is 1. The lowest BCUT2D eigenvalue weighted by atomic mass is 13.0. The highest BCUT2D eigenvalue weighted by atomic mass is 29.5. The summed E-state index contributed by atoms with van der Waals surface area (Å²) < 4.78 is 3.51. The van der Waals surface area contributed by atoms with Gasteiger partial charge in [-0.15, -0.1) is 4.78 Å². The van der Waals surface area contributed by atoms with Crippen LogP contribution in [0.15, 0.2) is 4.78 Å². The lowest BCUT2D eigenvalue weighted by Gasteiger charge is -1.67. The average molecular weight is 133 g/mol. The second-order valence-corrected chi connectivity index (χ2v) is 16.0. The Labute approximate surface area is 43.5 Å². The number of hydrogen-bond acceptors (Lipinski definition) is 1. The van der Waals surface area contributed by atoms with Gasteiger partial charge in [-0.1, -0.05) is 0 Å². The van der Waals surface area contributed by atoms with Crippen LogP contribution in [0.1, 0.15) is 0 Å². The third-order valence-electron chi connectivity index (χ3n) is 0.387. The van der Waals surface area contributed by atoms with E-state index < -0.39 is 0 Å². The van der Waals surface area contributed by atoms with Crippen LogP contribution in [-0.2, 0) is 0 Å². The van der Waals surface area contributed by atoms with Crippen molar-refractivity contribution in [1.29, 1.82) is 0 Å². The summed E-state index contributed by atoms with van der Waals surface area (Å²) in [4.78, 5) is 2.67. The van der Waals surface area contributed by atoms with Crippen LogP contribution < -0.4 is 0 Å². The van der Waals surface area contributed by atoms with E-state index in [1.54, 1.807) is 0 Å². The summed E-state index contributed by atoms with van der Waals surface area (Å²) in [7, 11) is 1.43. The first-order valence-corrected chi connectivity index (χ1v) is 12.2. The minimum atomic E-state index is -0.169. The molecule has 0 radical (unpaired) electrons. The molecule has 0 N–H and O–H groups in total. The highest BCUT2D eigenvalue weighted by molar-refractivity contribution is 7.23. The Morgan fingerprint density at radius 1 is 1.83 bits per heavy atom. The Hall–Kier alpha value is -0.0394. The van der Waals surface area contributed by atoms with Gasteiger partial charge in [0, 0.05) is 8.55 Å². The van der Waals surface area contributed by atoms with Crippen molar-refractivity contribution in [2.45, 2.75) is 0 Å². The van der Waals surface area contributed by atoms with Crippen LogP contribution in [0.2, 0.25) is 0 Å². The largest absolute Gasteiger partial charge is 0.136 e. The van der Waals surface area contributed by atoms with Crippen LogP contribution in [0.4, 0.5) is 0 Å². The van der Waals surface area contributed by atoms with Gasteiger partial charge in [0.1, 0.15) is 9.20 Å². The van der Waals surface area contributed by atoms with E-state index >= 15 is 0 Å². The first-order valence-electron chi connectivity index (χ1n) is 1.92. The zero-order valence-corrected chi connectivity index (χ0v) is 8.58. The van der Waals surface area contributed by atoms with E-state index in [0.29, 0.717) is 0 Å². The second kappa shape index (κ2) is 4.96. The summed E-state index contributed by atoms with van der Waals surface area (Å²) in [5, 5.41) is 0. The van der Waals surface area contributed by atoms with Gasteiger partial charge in [0.05, 0.1) is 0 Å². The molecule has 0 fully saturated rings. The fourth-order valence-electron chi connectivity index (χ4n) is 0.145. The van der Waals surface area contributed by atoms with Crippen molar-refractivity contribution < 1.29 is 0 Å². The van der Waals surface area contributed by atoms with Crippen LogP contribution in [0.5, 0.6) is 0 Å². The van der Waals surface area contributed by atoms with Gasteiger partial charge in [-0.2, -0.15) is 0 Å². The monoisotopic (exact) mass is 133 g/mol. The molecule has 0 aliphatic carbocycles. The molecule has 0 aliphatic rings. The zero-order chi connectivity index (χ0) is 4.83. The van der Waals surface area contributed by atoms with Crippen molar-refractivity contribution in [3.8, 4) is 0 Å². The maximum absolute atomic E-state index is 7.73. The molecule has 0 aromatic heterocycles. The molecule has 0 atom stereocenters. The molecule has 6 heavy (non-hydrogen) atoms. The van der Waals surface area contributed by atoms with Crippen LogP contribution >= 0.6 is 0 Å². The Bertz CT molecular complexity index is 62.4. The molecule has 0 bridgehead atoms. The van der Waals surface area contributed by atoms with Gasteiger partial charge in [0.2, 0.25) is 0 Å². The molecular formula is H7N3Si3. The lowest BCUT2D eigenvalue weighted by molar-refractivity contribution is 1.77. The Morgan fingerprint density at radius 3 is 2.67 bits per heavy atom. The van der Waals surface area contributed by atoms with E-state index in [9.17, 15) is 0 Å². The summed E-state index contributed by atoms with van der Waals surface area (Å²) in [5.41, 5.74) is 7.73. The topological polar surface area (TPSA) is 48.8 Å². The highest BCUT2D eigenvalue weighted by Gasteiger charge is 1.69. The predicted molar refractivity (Wildman–Crippen MR) is 36.2 cm³/mol. The molecule has 34 valence electrons. The average Bonchev–Trinajstić information content (AvgIpc) is 1.61. The van der Waals surface area contributed by atoms with Crippen molar-refractivity contribution in [2.24, 2.45) is 4.78 Å². The zero-order valence-electron chi connectivity index (χ0n) is 3.76. The van der Waals surface area contributed by atoms with E-state index in [4.69, 9.17) is 5.53 Å². The molecule has 0 aliphatic heterocycles. The van der Waals surface area contributed by atoms with Gasteiger partial charge < -0.3 is 0 Å². The Morgan fingerprint density at radius 2 is 2.50 bits per heavy atom. The van der Waals surface area contributed by atoms with Crippen molar-refractivity contribution in [3.63, 3.8) is 0 Å². The predicted octanol–water partition coefficient (Wildman–Crippen LogP) is -2.26. The van der Waals surface area contributed by atoms with E-state index in [1.165, 1.54) is 9.76 Å². The highest BCUT2D eigenvalue weighted by Crippen LogP contribution is 1.56. The van der Waals surface area contributed by atoms with Crippen LogP contribution in [0.25, 0.3) is 10.4 Å². The molecule has 0 saturated carbocycles. The first kappa shape index (κ1) is 5.96. The second-order valence-electron chi connectivity index (χ2n) is 0.954. The summed E-state index contributed by atoms with van der Waals surface area (Å²) >= 11 is 0. The van der Waals surface area contributed by atoms with Gasteiger partial charge in [-0.05, 0) is 20.2 Å². The molecule has 6 heteroatoms. The third kappa shape index (κ3) is 3.96. The Balaban J connectivity index is 2.86. The van der Waals surface area contributed by atoms with Crippen molar-refractivity contribution in [1.82, 2.24) is 0 Å². The third-order valence-corrected chi connectivity index (χ3v) is 7.13. The first-order chi connectivity index (χ1) is 2.91. The quantitative estimate of drug-likeness (QED) is 0.177. The van der Waals surface area contributed by atoms with E-state index in [-0.39, 0.29) is 17.8 Å². The summed E-state index contributed by atoms with van der Waals surface area (Å²) in [6, 6.07) is 0. The van der Waals surface area contributed by atoms with Crippen LogP contribution in [-0.4, -0.2) is 27.5 Å². The smallest absolute Gasteiger partial charge is 0.107 e. The van der Waals surface area contributed by atoms with Crippen molar-refractivity contribution >= 4 is 27.5 Å². The van der Waals surface area contributed by atoms with Crippen LogP contribution in [0.3, 0.4) is 0 Å². The van der Waals surface area contributed by atoms with Gasteiger partial charge >= 0.3 is 0 Å². The minimum absolute atomic E-state index is 0.169. The maximum Gasteiger partial charge on any atom is 0.107 e. The van der Waals surface area contributed by atoms with E-state index in [0.717, 1.165) is 0 Å². The van der Waals surface area contributed by atoms with Crippen molar-refractivity contribution in [2.75, 3.05) is 0 Å². The van der Waals surface area contributed by atoms with Gasteiger partial charge in [-0.3, -0.25) is 0 Å². The van der Waals surface area contributed by atoms with E-state index in [2.05, 4.69) is 9.69 Å². The molecule has 3 nitrogen and oxygen atoms in total. The summed E-state index contributed by atoms with van der Waals surface area (Å²) in [6.45, 7) is 0. The Kier molecular flexibility index (Phi) is 4.93. The molecule has 0 saturated heterocycles. The molecule has 0 heterocycles. The summed E-state index contributed by atoms with van der Waals surface area (Å²) in [6.07, 6.45) is 0. The lowest BCUT2D eigenvalue weighted by Crippen LogP contribution is -1.96. The van der Waals surface area contributed by atoms with Crippen LogP contribution in [0, 0.1) is 0 Å². The fourth-order valence-corrected chi connectivity index (χ4v) is 3.10. The molecular weight excluding hydrogens is 126 g/mol. The maximum atomic E-state index is 7.73. The van der Waals surface area contributed by atoms with Crippen molar-refractivity contribution in [3.05, 3.63) is 10.4 Å². The molecule has 0 aromatic rings. The fraction of sp³-hybridized carbons (Fsp3) is 0. The molecule has 0 aromatic carbocycles. The standard InChI is InChI=1S/H7N3Si3/c1-2-3-5-6-4/h5-6H2,4H3. The van der Waals surface area contributed by atoms with E-state index in [1.807, 2.05) is 0 Å². The molecule has 0 spiro atoms.